The van der Waals surface area contributed by atoms with Crippen LogP contribution in [0.25, 0.3) is 90.9 Å². The van der Waals surface area contributed by atoms with Crippen LogP contribution in [0.1, 0.15) is 22.8 Å². The molecule has 4 aromatic carbocycles. The monoisotopic (exact) mass is 1010 g/mol. The number of fused-ring (bicyclic) bond motifs is 8. The Labute approximate surface area is 410 Å². The van der Waals surface area contributed by atoms with Crippen LogP contribution in [-0.2, 0) is 57.5 Å². The largest absolute Gasteiger partial charge is 2.00 e. The molecule has 2 aliphatic heterocycles. The molecule has 0 atom stereocenters. The molecule has 0 saturated heterocycles. The zero-order chi connectivity index (χ0) is 45.3. The standard InChI is InChI=1S/C44H28N4O12S4.Cu.Na/c49-61(50,51)29-9-1-25(2-10-29)41-33-17-19-35(45-33)42(26-3-11-30(12-4-26)62(52,53)54)37-21-23-39(47-37)44(28-7-15-32(16-8-28)64(58,59)60)40-24-22-38(48-40)43(36-20-18-34(41)46-36)27-5-13-31(14-6-27)63(55,56)57;;/h1-24H,(H,49,50,51)(H,52,53,54)(H,55,56,57)(H,58,59,60);;/q-2;+2;+1/p-4. The molecule has 3 aromatic heterocycles. The first-order valence-electron chi connectivity index (χ1n) is 18.5. The first-order chi connectivity index (χ1) is 30.2. The van der Waals surface area contributed by atoms with Gasteiger partial charge in [-0.1, -0.05) is 72.8 Å². The van der Waals surface area contributed by atoms with Crippen LogP contribution in [0.4, 0.5) is 0 Å². The van der Waals surface area contributed by atoms with Crippen LogP contribution in [0.3, 0.4) is 0 Å². The zero-order valence-electron chi connectivity index (χ0n) is 33.5. The summed E-state index contributed by atoms with van der Waals surface area (Å²) in [5.74, 6) is 0. The van der Waals surface area contributed by atoms with Gasteiger partial charge < -0.3 is 28.2 Å². The minimum Gasteiger partial charge on any atom is -0.744 e. The smallest absolute Gasteiger partial charge is 0.744 e. The van der Waals surface area contributed by atoms with E-state index in [9.17, 15) is 51.9 Å². The van der Waals surface area contributed by atoms with Gasteiger partial charge >= 0.3 is 46.6 Å². The summed E-state index contributed by atoms with van der Waals surface area (Å²) in [6.07, 6.45) is 6.65. The summed E-state index contributed by atoms with van der Waals surface area (Å²) < 4.78 is 143. The van der Waals surface area contributed by atoms with Gasteiger partial charge in [-0.2, -0.15) is 0 Å². The Hall–Kier alpha value is -5.36. The van der Waals surface area contributed by atoms with Gasteiger partial charge in [0.25, 0.3) is 0 Å². The van der Waals surface area contributed by atoms with Gasteiger partial charge in [0.15, 0.2) is 0 Å². The van der Waals surface area contributed by atoms with Crippen LogP contribution in [-0.4, -0.2) is 61.9 Å². The van der Waals surface area contributed by atoms with Crippen molar-refractivity contribution in [2.75, 3.05) is 0 Å². The second kappa shape index (κ2) is 18.0. The van der Waals surface area contributed by atoms with Gasteiger partial charge in [-0.25, -0.2) is 43.6 Å². The third-order valence-corrected chi connectivity index (χ3v) is 13.7. The van der Waals surface area contributed by atoms with E-state index in [1.807, 2.05) is 0 Å². The topological polar surface area (TPSA) is 283 Å². The predicted molar refractivity (Wildman–Crippen MR) is 230 cm³/mol. The van der Waals surface area contributed by atoms with E-state index in [-0.39, 0.29) is 46.6 Å². The molecule has 66 heavy (non-hydrogen) atoms. The van der Waals surface area contributed by atoms with Crippen molar-refractivity contribution in [1.29, 1.82) is 0 Å². The molecule has 0 N–H and O–H groups in total. The molecule has 16 nitrogen and oxygen atoms in total. The molecular weight excluding hydrogens is 991 g/mol. The van der Waals surface area contributed by atoms with Crippen molar-refractivity contribution in [3.63, 3.8) is 0 Å². The molecule has 22 heteroatoms. The number of benzene rings is 4. The van der Waals surface area contributed by atoms with Crippen LogP contribution < -0.4 is 39.5 Å². The second-order valence-corrected chi connectivity index (χ2v) is 19.8. The number of hydrogen-bond acceptors (Lipinski definition) is 14. The Bertz CT molecular complexity index is 3310. The van der Waals surface area contributed by atoms with Crippen LogP contribution in [0.5, 0.6) is 0 Å². The second-order valence-electron chi connectivity index (χ2n) is 14.3. The van der Waals surface area contributed by atoms with E-state index in [4.69, 9.17) is 19.9 Å². The van der Waals surface area contributed by atoms with Gasteiger partial charge in [-0.3, -0.25) is 0 Å². The van der Waals surface area contributed by atoms with E-state index in [1.54, 1.807) is 48.6 Å². The minimum absolute atomic E-state index is 0. The van der Waals surface area contributed by atoms with E-state index in [1.165, 1.54) is 48.5 Å². The zero-order valence-corrected chi connectivity index (χ0v) is 39.7. The first kappa shape index (κ1) is 48.6. The molecule has 0 spiro atoms. The van der Waals surface area contributed by atoms with Crippen molar-refractivity contribution in [3.05, 3.63) is 144 Å². The molecule has 0 amide bonds. The molecular formula is C44H24CuN4NaO12S4-3. The van der Waals surface area contributed by atoms with Crippen molar-refractivity contribution in [2.45, 2.75) is 19.6 Å². The maximum absolute atomic E-state index is 11.9. The number of aromatic nitrogens is 4. The molecule has 0 saturated carbocycles. The summed E-state index contributed by atoms with van der Waals surface area (Å²) in [4.78, 5) is 18.0. The van der Waals surface area contributed by atoms with E-state index in [0.29, 0.717) is 89.4 Å². The molecule has 5 heterocycles. The third kappa shape index (κ3) is 9.58. The quantitative estimate of drug-likeness (QED) is 0.156. The minimum atomic E-state index is -4.82. The Balaban J connectivity index is 0.00000324. The Kier molecular flexibility index (Phi) is 13.3. The Morgan fingerprint density at radius 3 is 0.667 bits per heavy atom. The molecule has 0 fully saturated rings. The van der Waals surface area contributed by atoms with Crippen LogP contribution in [0.2, 0.25) is 0 Å². The summed E-state index contributed by atoms with van der Waals surface area (Å²) in [6, 6.07) is 27.2. The third-order valence-electron chi connectivity index (χ3n) is 10.3. The van der Waals surface area contributed by atoms with E-state index in [2.05, 4.69) is 0 Å². The molecule has 7 aromatic rings. The molecule has 1 radical (unpaired) electrons. The van der Waals surface area contributed by atoms with E-state index < -0.39 is 60.1 Å². The fourth-order valence-electron chi connectivity index (χ4n) is 7.42. The van der Waals surface area contributed by atoms with Crippen molar-refractivity contribution in [1.82, 2.24) is 19.9 Å². The SMILES string of the molecule is O=S(=O)([O-])c1ccc(-c2c3nc(c(-c4ccc(S(=O)(=O)[O-])cc4)c4ccc([n-]4)c(-c4ccc(S(=O)(=O)[O-])cc4)c4nc(c(-c5ccc(S(=O)(=O)[O-])cc5)c5ccc2[n-]5)C=C4)C=C3)cc1.[Cu+2].[Na+]. The fraction of sp³-hybridized carbons (Fsp3) is 0. The average Bonchev–Trinajstić information content (AvgIpc) is 4.08. The molecule has 9 rings (SSSR count). The normalized spacial score (nSPS) is 12.7. The van der Waals surface area contributed by atoms with Crippen molar-refractivity contribution < 1.29 is 98.5 Å². The van der Waals surface area contributed by atoms with Crippen LogP contribution in [0, 0.1) is 0 Å². The summed E-state index contributed by atoms with van der Waals surface area (Å²) in [5.41, 5.74) is 5.63. The average molecular weight is 1020 g/mol. The number of hydrogen-bond donors (Lipinski definition) is 0. The maximum Gasteiger partial charge on any atom is 2.00 e. The molecule has 8 bridgehead atoms. The van der Waals surface area contributed by atoms with E-state index >= 15 is 0 Å². The summed E-state index contributed by atoms with van der Waals surface area (Å²) in [7, 11) is -19.3. The predicted octanol–water partition coefficient (Wildman–Crippen LogP) is 3.20. The Morgan fingerprint density at radius 2 is 0.500 bits per heavy atom. The van der Waals surface area contributed by atoms with E-state index in [0.717, 1.165) is 48.5 Å². The molecule has 331 valence electrons. The first-order valence-corrected chi connectivity index (χ1v) is 24.2. The van der Waals surface area contributed by atoms with Gasteiger partial charge in [-0.05, 0) is 117 Å². The summed E-state index contributed by atoms with van der Waals surface area (Å²) in [5, 5.41) is 0. The van der Waals surface area contributed by atoms with Gasteiger partial charge in [-0.15, -0.1) is 22.1 Å². The Morgan fingerprint density at radius 1 is 0.318 bits per heavy atom. The van der Waals surface area contributed by atoms with Crippen molar-refractivity contribution in [2.24, 2.45) is 0 Å². The fourth-order valence-corrected chi connectivity index (χ4v) is 9.30. The van der Waals surface area contributed by atoms with Crippen molar-refractivity contribution >= 4 is 86.8 Å². The van der Waals surface area contributed by atoms with Crippen LogP contribution >= 0.6 is 0 Å². The van der Waals surface area contributed by atoms with Gasteiger partial charge in [0, 0.05) is 0 Å². The summed E-state index contributed by atoms with van der Waals surface area (Å²) in [6.45, 7) is 0. The van der Waals surface area contributed by atoms with Crippen LogP contribution in [0.15, 0.2) is 141 Å². The van der Waals surface area contributed by atoms with Gasteiger partial charge in [0.1, 0.15) is 40.5 Å². The maximum atomic E-state index is 11.9. The number of rotatable bonds is 8. The number of nitrogens with zero attached hydrogens (tertiary/aromatic N) is 4. The van der Waals surface area contributed by atoms with Gasteiger partial charge in [0.2, 0.25) is 0 Å². The summed E-state index contributed by atoms with van der Waals surface area (Å²) >= 11 is 0. The molecule has 0 aliphatic carbocycles. The van der Waals surface area contributed by atoms with Crippen molar-refractivity contribution in [3.8, 4) is 44.5 Å². The molecule has 2 aliphatic rings. The van der Waals surface area contributed by atoms with Gasteiger partial charge in [0.05, 0.1) is 42.4 Å². The molecule has 0 unspecified atom stereocenters.